The summed E-state index contributed by atoms with van der Waals surface area (Å²) < 4.78 is 66.0. The molecule has 0 saturated heterocycles. The molecule has 2 aliphatic rings. The van der Waals surface area contributed by atoms with Crippen LogP contribution in [0.3, 0.4) is 0 Å². The number of hydrogen-bond acceptors (Lipinski definition) is 12. The van der Waals surface area contributed by atoms with Crippen molar-refractivity contribution in [2.75, 3.05) is 26.1 Å². The van der Waals surface area contributed by atoms with Gasteiger partial charge in [0.1, 0.15) is 17.0 Å². The van der Waals surface area contributed by atoms with Crippen LogP contribution in [0.2, 0.25) is 0 Å². The SMILES string of the molecule is CCOC(=O)c1c2nn(C)c1-2.COc1cc(OC)nc(NC(=NNS(=O)(=O)c2ccc(C)cc2)N=S(=O)=O)n1. The minimum absolute atomic E-state index is 0.0660. The predicted molar refractivity (Wildman–Crippen MR) is 137 cm³/mol. The molecule has 0 bridgehead atoms. The van der Waals surface area contributed by atoms with Crippen LogP contribution in [0.25, 0.3) is 11.4 Å². The van der Waals surface area contributed by atoms with E-state index in [0.29, 0.717) is 12.2 Å². The van der Waals surface area contributed by atoms with Gasteiger partial charge in [0.25, 0.3) is 16.0 Å². The van der Waals surface area contributed by atoms with Gasteiger partial charge >= 0.3 is 16.5 Å². The molecule has 1 aliphatic carbocycles. The van der Waals surface area contributed by atoms with Gasteiger partial charge in [-0.25, -0.2) is 4.79 Å². The van der Waals surface area contributed by atoms with E-state index in [1.165, 1.54) is 32.4 Å². The van der Waals surface area contributed by atoms with Crippen molar-refractivity contribution in [3.8, 4) is 23.1 Å². The van der Waals surface area contributed by atoms with Crippen molar-refractivity contribution in [3.63, 3.8) is 0 Å². The Hall–Kier alpha value is -4.58. The van der Waals surface area contributed by atoms with Crippen molar-refractivity contribution in [1.82, 2.24) is 24.6 Å². The highest BCUT2D eigenvalue weighted by Crippen LogP contribution is 2.42. The Labute approximate surface area is 224 Å². The van der Waals surface area contributed by atoms with Gasteiger partial charge in [-0.3, -0.25) is 10.00 Å². The molecule has 208 valence electrons. The number of ether oxygens (including phenoxy) is 3. The predicted octanol–water partition coefficient (Wildman–Crippen LogP) is 1.10. The van der Waals surface area contributed by atoms with Gasteiger partial charge in [-0.2, -0.15) is 36.7 Å². The summed E-state index contributed by atoms with van der Waals surface area (Å²) in [5.74, 6) is -0.835. The Balaban J connectivity index is 0.000000314. The number of benzene rings is 1. The zero-order valence-electron chi connectivity index (χ0n) is 21.4. The van der Waals surface area contributed by atoms with E-state index in [0.717, 1.165) is 17.0 Å². The molecule has 1 aromatic carbocycles. The van der Waals surface area contributed by atoms with Crippen molar-refractivity contribution >= 4 is 38.4 Å². The van der Waals surface area contributed by atoms with Crippen LogP contribution in [0.15, 0.2) is 44.7 Å². The van der Waals surface area contributed by atoms with Crippen LogP contribution in [0.5, 0.6) is 11.8 Å². The number of methoxy groups -OCH3 is 2. The first-order valence-electron chi connectivity index (χ1n) is 10.9. The van der Waals surface area contributed by atoms with E-state index < -0.39 is 26.5 Å². The molecule has 0 saturated carbocycles. The number of anilines is 1. The number of nitrogens with zero attached hydrogens (tertiary/aromatic N) is 6. The van der Waals surface area contributed by atoms with E-state index in [4.69, 9.17) is 14.2 Å². The largest absolute Gasteiger partial charge is 0.481 e. The third-order valence-corrected chi connectivity index (χ3v) is 6.32. The van der Waals surface area contributed by atoms with Gasteiger partial charge in [0, 0.05) is 7.05 Å². The quantitative estimate of drug-likeness (QED) is 0.130. The first-order chi connectivity index (χ1) is 18.5. The first-order valence-corrected chi connectivity index (χ1v) is 13.5. The summed E-state index contributed by atoms with van der Waals surface area (Å²) in [7, 11) is -2.47. The molecular weight excluding hydrogens is 556 g/mol. The van der Waals surface area contributed by atoms with Crippen molar-refractivity contribution in [2.45, 2.75) is 18.7 Å². The molecule has 1 aliphatic heterocycles. The number of nitrogens with one attached hydrogen (secondary N) is 2. The van der Waals surface area contributed by atoms with Crippen LogP contribution < -0.4 is 19.6 Å². The van der Waals surface area contributed by atoms with Crippen LogP contribution in [-0.4, -0.2) is 69.3 Å². The maximum Gasteiger partial charge on any atom is 0.342 e. The van der Waals surface area contributed by atoms with E-state index >= 15 is 0 Å². The molecule has 0 fully saturated rings. The molecule has 0 radical (unpaired) electrons. The summed E-state index contributed by atoms with van der Waals surface area (Å²) in [6.07, 6.45) is 0. The highest BCUT2D eigenvalue weighted by Gasteiger charge is 2.39. The molecule has 2 N–H and O–H groups in total. The summed E-state index contributed by atoms with van der Waals surface area (Å²) in [5, 5.41) is 9.82. The number of carbonyl (C=O) groups excluding carboxylic acids is 1. The lowest BCUT2D eigenvalue weighted by Crippen LogP contribution is -2.23. The molecule has 0 unspecified atom stereocenters. The summed E-state index contributed by atoms with van der Waals surface area (Å²) in [6.45, 7) is 4.01. The van der Waals surface area contributed by atoms with Crippen LogP contribution in [0.4, 0.5) is 5.95 Å². The summed E-state index contributed by atoms with van der Waals surface area (Å²) >= 11 is 0. The van der Waals surface area contributed by atoms with Crippen LogP contribution in [-0.2, 0) is 32.3 Å². The smallest absolute Gasteiger partial charge is 0.342 e. The number of hydrogen-bond donors (Lipinski definition) is 2. The molecule has 18 heteroatoms. The molecule has 0 spiro atoms. The maximum atomic E-state index is 12.3. The summed E-state index contributed by atoms with van der Waals surface area (Å²) in [6, 6.07) is 7.33. The molecule has 2 heterocycles. The van der Waals surface area contributed by atoms with Crippen molar-refractivity contribution in [3.05, 3.63) is 41.5 Å². The Morgan fingerprint density at radius 1 is 1.10 bits per heavy atom. The van der Waals surface area contributed by atoms with Gasteiger partial charge in [-0.1, -0.05) is 22.1 Å². The zero-order valence-corrected chi connectivity index (χ0v) is 23.0. The monoisotopic (exact) mass is 580 g/mol. The number of carbonyl (C=O) groups is 1. The molecule has 4 rings (SSSR count). The second-order valence-corrected chi connectivity index (χ2v) is 9.75. The molecule has 1 aromatic heterocycles. The van der Waals surface area contributed by atoms with Gasteiger partial charge in [-0.15, -0.1) is 5.10 Å². The second-order valence-electron chi connectivity index (χ2n) is 7.47. The van der Waals surface area contributed by atoms with Crippen LogP contribution >= 0.6 is 0 Å². The van der Waals surface area contributed by atoms with Crippen molar-refractivity contribution < 1.29 is 35.8 Å². The third-order valence-electron chi connectivity index (χ3n) is 4.77. The molecule has 39 heavy (non-hydrogen) atoms. The number of aromatic nitrogens is 4. The van der Waals surface area contributed by atoms with E-state index in [2.05, 4.69) is 29.8 Å². The number of hydrazone groups is 1. The number of guanidine groups is 1. The van der Waals surface area contributed by atoms with E-state index in [1.54, 1.807) is 30.7 Å². The second kappa shape index (κ2) is 12.3. The van der Waals surface area contributed by atoms with Gasteiger partial charge in [0.15, 0.2) is 0 Å². The number of rotatable bonds is 8. The highest BCUT2D eigenvalue weighted by atomic mass is 32.2. The molecule has 16 nitrogen and oxygen atoms in total. The number of aryl methyl sites for hydroxylation is 2. The van der Waals surface area contributed by atoms with Gasteiger partial charge < -0.3 is 14.2 Å². The average molecular weight is 581 g/mol. The molecule has 0 atom stereocenters. The maximum absolute atomic E-state index is 12.3. The van der Waals surface area contributed by atoms with Gasteiger partial charge in [0.2, 0.25) is 17.7 Å². The lowest BCUT2D eigenvalue weighted by molar-refractivity contribution is 0.0533. The number of esters is 1. The van der Waals surface area contributed by atoms with Crippen molar-refractivity contribution in [1.29, 1.82) is 0 Å². The van der Waals surface area contributed by atoms with Crippen LogP contribution in [0.1, 0.15) is 22.8 Å². The number of fused-ring (bicyclic) bond motifs is 1. The average Bonchev–Trinajstić information content (AvgIpc) is 3.53. The minimum atomic E-state index is -4.05. The third kappa shape index (κ3) is 7.48. The number of sulfonamides is 1. The first kappa shape index (κ1) is 29.0. The molecular formula is C21H24N8O8S2. The Morgan fingerprint density at radius 2 is 1.72 bits per heavy atom. The lowest BCUT2D eigenvalue weighted by atomic mass is 10.2. The Morgan fingerprint density at radius 3 is 2.18 bits per heavy atom. The minimum Gasteiger partial charge on any atom is -0.481 e. The van der Waals surface area contributed by atoms with Crippen molar-refractivity contribution in [2.24, 2.45) is 16.5 Å². The standard InChI is InChI=1S/C14H16N6O6S2.C7H8N2O2/c1-9-4-6-10(7-5-9)28(23,24)20-18-14(19-27(21)22)17-13-15-11(25-2)8-12(16-13)26-3;1-3-11-7(10)4-5-6(4)9(2)8-5/h4-8,20H,1-3H3,(H,15,16,17,18);3H2,1-2H3. The van der Waals surface area contributed by atoms with Gasteiger partial charge in [0.05, 0.1) is 31.8 Å². The lowest BCUT2D eigenvalue weighted by Gasteiger charge is -2.08. The van der Waals surface area contributed by atoms with E-state index in [-0.39, 0.29) is 28.6 Å². The summed E-state index contributed by atoms with van der Waals surface area (Å²) in [4.78, 5) is 20.7. The van der Waals surface area contributed by atoms with Crippen LogP contribution in [0, 0.1) is 6.92 Å². The summed E-state index contributed by atoms with van der Waals surface area (Å²) in [5.41, 5.74) is 3.30. The fraction of sp³-hybridized carbons (Fsp3) is 0.286. The van der Waals surface area contributed by atoms with E-state index in [1.807, 2.05) is 11.9 Å². The molecule has 2 aromatic rings. The fourth-order valence-corrected chi connectivity index (χ4v) is 3.95. The normalized spacial score (nSPS) is 11.5. The molecule has 0 amide bonds. The highest BCUT2D eigenvalue weighted by molar-refractivity contribution is 7.89. The topological polar surface area (TPSA) is 205 Å². The zero-order chi connectivity index (χ0) is 28.7. The Bertz CT molecular complexity index is 1620. The van der Waals surface area contributed by atoms with E-state index in [9.17, 15) is 21.6 Å². The Kier molecular flexibility index (Phi) is 9.15. The fourth-order valence-electron chi connectivity index (χ4n) is 2.92. The van der Waals surface area contributed by atoms with Gasteiger partial charge in [-0.05, 0) is 26.0 Å².